The van der Waals surface area contributed by atoms with E-state index in [0.29, 0.717) is 12.5 Å². The van der Waals surface area contributed by atoms with Crippen molar-refractivity contribution in [3.05, 3.63) is 59.5 Å². The number of rotatable bonds is 7. The van der Waals surface area contributed by atoms with Gasteiger partial charge in [-0.15, -0.1) is 0 Å². The molecule has 3 rings (SSSR count). The van der Waals surface area contributed by atoms with E-state index in [1.807, 2.05) is 44.4 Å². The predicted octanol–water partition coefficient (Wildman–Crippen LogP) is 4.32. The summed E-state index contributed by atoms with van der Waals surface area (Å²) in [5.41, 5.74) is 1.13. The van der Waals surface area contributed by atoms with Crippen molar-refractivity contribution in [2.24, 2.45) is 5.92 Å². The Morgan fingerprint density at radius 3 is 2.46 bits per heavy atom. The van der Waals surface area contributed by atoms with E-state index in [1.54, 1.807) is 0 Å². The maximum Gasteiger partial charge on any atom is 0.228 e. The Balaban J connectivity index is 1.66. The van der Waals surface area contributed by atoms with E-state index in [-0.39, 0.29) is 11.8 Å². The van der Waals surface area contributed by atoms with Crippen molar-refractivity contribution in [2.75, 3.05) is 14.1 Å². The molecule has 0 aliphatic heterocycles. The minimum atomic E-state index is -0.0623. The molecular weight excluding hydrogens is 324 g/mol. The second-order valence-corrected chi connectivity index (χ2v) is 7.61. The summed E-state index contributed by atoms with van der Waals surface area (Å²) in [6, 6.07) is 14.2. The number of hydrogen-bond donors (Lipinski definition) is 1. The highest BCUT2D eigenvalue weighted by molar-refractivity contribution is 5.84. The molecule has 1 unspecified atom stereocenters. The highest BCUT2D eigenvalue weighted by atomic mass is 16.3. The van der Waals surface area contributed by atoms with Crippen molar-refractivity contribution in [3.63, 3.8) is 0 Å². The van der Waals surface area contributed by atoms with Gasteiger partial charge in [-0.25, -0.2) is 0 Å². The molecule has 1 heterocycles. The Morgan fingerprint density at radius 2 is 1.77 bits per heavy atom. The third-order valence-electron chi connectivity index (χ3n) is 5.19. The lowest BCUT2D eigenvalue weighted by Crippen LogP contribution is -2.34. The standard InChI is InChI=1S/C22H30N2O2/c1-24(2)16-20-14-13-19(26-20)15-23-22(25)21(17-9-5-3-6-10-17)18-11-7-4-8-12-18/h3,5-6,9-10,13-14,18,21H,4,7-8,11-12,15-16H2,1-2H3,(H,23,25). The lowest BCUT2D eigenvalue weighted by Gasteiger charge is -2.29. The van der Waals surface area contributed by atoms with Gasteiger partial charge in [0.15, 0.2) is 0 Å². The molecule has 1 aliphatic carbocycles. The number of amides is 1. The first-order valence-corrected chi connectivity index (χ1v) is 9.68. The van der Waals surface area contributed by atoms with Crippen LogP contribution in [0.25, 0.3) is 0 Å². The SMILES string of the molecule is CN(C)Cc1ccc(CNC(=O)C(c2ccccc2)C2CCCCC2)o1. The summed E-state index contributed by atoms with van der Waals surface area (Å²) in [6.07, 6.45) is 6.03. The van der Waals surface area contributed by atoms with E-state index < -0.39 is 0 Å². The van der Waals surface area contributed by atoms with Crippen molar-refractivity contribution in [2.45, 2.75) is 51.1 Å². The molecule has 1 saturated carbocycles. The van der Waals surface area contributed by atoms with E-state index in [9.17, 15) is 4.79 Å². The molecule has 0 spiro atoms. The summed E-state index contributed by atoms with van der Waals surface area (Å²) in [5, 5.41) is 3.12. The van der Waals surface area contributed by atoms with E-state index in [0.717, 1.165) is 36.5 Å². The van der Waals surface area contributed by atoms with Gasteiger partial charge in [0.25, 0.3) is 0 Å². The number of hydrogen-bond acceptors (Lipinski definition) is 3. The minimum absolute atomic E-state index is 0.0623. The molecule has 1 atom stereocenters. The van der Waals surface area contributed by atoms with Crippen LogP contribution in [0.3, 0.4) is 0 Å². The quantitative estimate of drug-likeness (QED) is 0.805. The second-order valence-electron chi connectivity index (χ2n) is 7.61. The third kappa shape index (κ3) is 4.98. The van der Waals surface area contributed by atoms with E-state index in [4.69, 9.17) is 4.42 Å². The van der Waals surface area contributed by atoms with Crippen molar-refractivity contribution in [1.82, 2.24) is 10.2 Å². The lowest BCUT2D eigenvalue weighted by molar-refractivity contribution is -0.124. The van der Waals surface area contributed by atoms with Crippen LogP contribution >= 0.6 is 0 Å². The van der Waals surface area contributed by atoms with Crippen LogP contribution in [0, 0.1) is 5.92 Å². The van der Waals surface area contributed by atoms with Crippen molar-refractivity contribution < 1.29 is 9.21 Å². The molecule has 2 aromatic rings. The van der Waals surface area contributed by atoms with Crippen LogP contribution in [0.15, 0.2) is 46.9 Å². The van der Waals surface area contributed by atoms with Gasteiger partial charge in [0.1, 0.15) is 11.5 Å². The topological polar surface area (TPSA) is 45.5 Å². The van der Waals surface area contributed by atoms with E-state index in [2.05, 4.69) is 22.3 Å². The van der Waals surface area contributed by atoms with Crippen LogP contribution in [0.2, 0.25) is 0 Å². The van der Waals surface area contributed by atoms with Crippen LogP contribution in [0.5, 0.6) is 0 Å². The van der Waals surface area contributed by atoms with Gasteiger partial charge in [-0.05, 0) is 50.6 Å². The summed E-state index contributed by atoms with van der Waals surface area (Å²) in [4.78, 5) is 15.1. The molecule has 4 nitrogen and oxygen atoms in total. The Hall–Kier alpha value is -2.07. The summed E-state index contributed by atoms with van der Waals surface area (Å²) >= 11 is 0. The zero-order valence-electron chi connectivity index (χ0n) is 15.9. The van der Waals surface area contributed by atoms with E-state index in [1.165, 1.54) is 19.3 Å². The smallest absolute Gasteiger partial charge is 0.228 e. The average Bonchev–Trinajstić information content (AvgIpc) is 3.09. The van der Waals surface area contributed by atoms with Gasteiger partial charge in [-0.3, -0.25) is 4.79 Å². The van der Waals surface area contributed by atoms with Crippen molar-refractivity contribution in [1.29, 1.82) is 0 Å². The fourth-order valence-electron chi connectivity index (χ4n) is 3.96. The average molecular weight is 354 g/mol. The lowest BCUT2D eigenvalue weighted by atomic mass is 9.76. The first kappa shape index (κ1) is 18.7. The number of benzene rings is 1. The minimum Gasteiger partial charge on any atom is -0.463 e. The molecule has 26 heavy (non-hydrogen) atoms. The Labute approximate surface area is 156 Å². The normalized spacial score (nSPS) is 16.6. The molecule has 140 valence electrons. The molecule has 0 saturated heterocycles. The maximum absolute atomic E-state index is 13.0. The van der Waals surface area contributed by atoms with Gasteiger partial charge in [-0.1, -0.05) is 49.6 Å². The molecule has 1 amide bonds. The largest absolute Gasteiger partial charge is 0.463 e. The fraction of sp³-hybridized carbons (Fsp3) is 0.500. The van der Waals surface area contributed by atoms with Gasteiger partial charge in [0.05, 0.1) is 19.0 Å². The number of nitrogens with one attached hydrogen (secondary N) is 1. The Morgan fingerprint density at radius 1 is 1.08 bits per heavy atom. The number of carbonyl (C=O) groups excluding carboxylic acids is 1. The molecule has 1 aromatic heterocycles. The molecule has 1 aromatic carbocycles. The molecule has 0 bridgehead atoms. The summed E-state index contributed by atoms with van der Waals surface area (Å²) in [6.45, 7) is 1.21. The molecular formula is C22H30N2O2. The third-order valence-corrected chi connectivity index (χ3v) is 5.19. The van der Waals surface area contributed by atoms with Gasteiger partial charge in [0.2, 0.25) is 5.91 Å². The fourth-order valence-corrected chi connectivity index (χ4v) is 3.96. The molecule has 1 N–H and O–H groups in total. The first-order chi connectivity index (χ1) is 12.6. The Kier molecular flexibility index (Phi) is 6.51. The van der Waals surface area contributed by atoms with Crippen molar-refractivity contribution in [3.8, 4) is 0 Å². The monoisotopic (exact) mass is 354 g/mol. The van der Waals surface area contributed by atoms with Gasteiger partial charge in [0, 0.05) is 0 Å². The molecule has 1 aliphatic rings. The van der Waals surface area contributed by atoms with E-state index >= 15 is 0 Å². The predicted molar refractivity (Wildman–Crippen MR) is 104 cm³/mol. The summed E-state index contributed by atoms with van der Waals surface area (Å²) < 4.78 is 5.82. The van der Waals surface area contributed by atoms with Gasteiger partial charge >= 0.3 is 0 Å². The van der Waals surface area contributed by atoms with Gasteiger partial charge < -0.3 is 14.6 Å². The Bertz CT molecular complexity index is 687. The summed E-state index contributed by atoms with van der Waals surface area (Å²) in [5.74, 6) is 2.23. The number of carbonyl (C=O) groups is 1. The highest BCUT2D eigenvalue weighted by Crippen LogP contribution is 2.36. The van der Waals surface area contributed by atoms with Crippen LogP contribution in [0.1, 0.15) is 55.1 Å². The first-order valence-electron chi connectivity index (χ1n) is 9.68. The van der Waals surface area contributed by atoms with Crippen LogP contribution in [-0.2, 0) is 17.9 Å². The highest BCUT2D eigenvalue weighted by Gasteiger charge is 2.30. The van der Waals surface area contributed by atoms with Crippen LogP contribution in [-0.4, -0.2) is 24.9 Å². The van der Waals surface area contributed by atoms with Gasteiger partial charge in [-0.2, -0.15) is 0 Å². The van der Waals surface area contributed by atoms with Crippen molar-refractivity contribution >= 4 is 5.91 Å². The zero-order chi connectivity index (χ0) is 18.4. The summed E-state index contributed by atoms with van der Waals surface area (Å²) in [7, 11) is 4.02. The van der Waals surface area contributed by atoms with Crippen LogP contribution < -0.4 is 5.32 Å². The molecule has 4 heteroatoms. The van der Waals surface area contributed by atoms with Crippen LogP contribution in [0.4, 0.5) is 0 Å². The molecule has 1 fully saturated rings. The maximum atomic E-state index is 13.0. The number of nitrogens with zero attached hydrogens (tertiary/aromatic N) is 1. The molecule has 0 radical (unpaired) electrons. The second kappa shape index (κ2) is 9.04. The number of furan rings is 1. The zero-order valence-corrected chi connectivity index (χ0v) is 15.9.